The van der Waals surface area contributed by atoms with Crippen molar-refractivity contribution in [2.24, 2.45) is 11.8 Å². The zero-order valence-electron chi connectivity index (χ0n) is 21.2. The molecule has 1 aliphatic rings. The van der Waals surface area contributed by atoms with Crippen molar-refractivity contribution in [3.8, 4) is 0 Å². The van der Waals surface area contributed by atoms with Crippen LogP contribution in [0.5, 0.6) is 0 Å². The van der Waals surface area contributed by atoms with E-state index in [1.165, 1.54) is 4.57 Å². The number of benzene rings is 1. The number of nitrogens with two attached hydrogens (primary N) is 1. The minimum atomic E-state index is -0.589. The smallest absolute Gasteiger partial charge is 0.330 e. The number of rotatable bonds is 10. The van der Waals surface area contributed by atoms with Crippen LogP contribution in [0.3, 0.4) is 0 Å². The molecule has 1 saturated heterocycles. The van der Waals surface area contributed by atoms with Crippen LogP contribution in [0.15, 0.2) is 33.9 Å². The standard InChI is InChI=1S/C25H38N6O4/c1-17(2)13-30(22-23(26)31(14-18(3)4)25(34)28-24(22)33)16-21(32)27-20-7-5-19(6-8-20)15-29-9-11-35-12-10-29/h5-8,17-18H,9-16,26H2,1-4H3,(H,27,32)(H,28,33,34). The summed E-state index contributed by atoms with van der Waals surface area (Å²) in [5.74, 6) is 0.119. The van der Waals surface area contributed by atoms with Crippen LogP contribution in [0.1, 0.15) is 33.3 Å². The number of nitrogen functional groups attached to an aromatic ring is 1. The van der Waals surface area contributed by atoms with Gasteiger partial charge in [0.1, 0.15) is 11.5 Å². The van der Waals surface area contributed by atoms with E-state index >= 15 is 0 Å². The number of nitrogens with zero attached hydrogens (tertiary/aromatic N) is 3. The fourth-order valence-corrected chi connectivity index (χ4v) is 4.19. The van der Waals surface area contributed by atoms with Crippen molar-refractivity contribution in [3.63, 3.8) is 0 Å². The molecule has 1 amide bonds. The molecule has 0 bridgehead atoms. The van der Waals surface area contributed by atoms with Gasteiger partial charge in [-0.3, -0.25) is 24.0 Å². The molecule has 3 rings (SSSR count). The number of ether oxygens (including phenoxy) is 1. The summed E-state index contributed by atoms with van der Waals surface area (Å²) in [6, 6.07) is 7.76. The van der Waals surface area contributed by atoms with E-state index in [1.54, 1.807) is 4.90 Å². The lowest BCUT2D eigenvalue weighted by Crippen LogP contribution is -2.43. The van der Waals surface area contributed by atoms with Crippen molar-refractivity contribution in [2.75, 3.05) is 55.3 Å². The van der Waals surface area contributed by atoms with Crippen molar-refractivity contribution in [3.05, 3.63) is 50.7 Å². The number of aromatic nitrogens is 2. The fraction of sp³-hybridized carbons (Fsp3) is 0.560. The van der Waals surface area contributed by atoms with Crippen LogP contribution in [-0.4, -0.2) is 59.8 Å². The minimum absolute atomic E-state index is 0.0686. The third-order valence-corrected chi connectivity index (χ3v) is 5.75. The van der Waals surface area contributed by atoms with Gasteiger partial charge >= 0.3 is 5.69 Å². The molecule has 1 aromatic carbocycles. The van der Waals surface area contributed by atoms with Gasteiger partial charge in [-0.05, 0) is 29.5 Å². The van der Waals surface area contributed by atoms with Crippen molar-refractivity contribution < 1.29 is 9.53 Å². The molecule has 0 atom stereocenters. The third-order valence-electron chi connectivity index (χ3n) is 5.75. The van der Waals surface area contributed by atoms with Crippen LogP contribution < -0.4 is 27.2 Å². The molecule has 10 nitrogen and oxygen atoms in total. The summed E-state index contributed by atoms with van der Waals surface area (Å²) in [6.45, 7) is 12.8. The Kier molecular flexibility index (Phi) is 9.11. The van der Waals surface area contributed by atoms with Gasteiger partial charge in [0.2, 0.25) is 5.91 Å². The molecule has 2 aromatic rings. The molecule has 0 unspecified atom stereocenters. The Balaban J connectivity index is 1.74. The number of carbonyl (C=O) groups is 1. The van der Waals surface area contributed by atoms with Gasteiger partial charge in [0.05, 0.1) is 19.8 Å². The number of morpholine rings is 1. The summed E-state index contributed by atoms with van der Waals surface area (Å²) < 4.78 is 6.75. The number of aromatic amines is 1. The van der Waals surface area contributed by atoms with Crippen LogP contribution in [0, 0.1) is 11.8 Å². The Morgan fingerprint density at radius 2 is 1.77 bits per heavy atom. The van der Waals surface area contributed by atoms with Crippen molar-refractivity contribution in [1.82, 2.24) is 14.5 Å². The maximum Gasteiger partial charge on any atom is 0.330 e. The third kappa shape index (κ3) is 7.43. The maximum atomic E-state index is 12.9. The fourth-order valence-electron chi connectivity index (χ4n) is 4.19. The van der Waals surface area contributed by atoms with Gasteiger partial charge in [-0.1, -0.05) is 39.8 Å². The lowest BCUT2D eigenvalue weighted by atomic mass is 10.1. The highest BCUT2D eigenvalue weighted by molar-refractivity contribution is 5.94. The number of hydrogen-bond acceptors (Lipinski definition) is 7. The second-order valence-electron chi connectivity index (χ2n) is 9.91. The molecular weight excluding hydrogens is 448 g/mol. The van der Waals surface area contributed by atoms with Crippen LogP contribution in [0.4, 0.5) is 17.2 Å². The Morgan fingerprint density at radius 3 is 2.37 bits per heavy atom. The van der Waals surface area contributed by atoms with Gasteiger partial charge in [-0.25, -0.2) is 4.79 Å². The van der Waals surface area contributed by atoms with E-state index in [2.05, 4.69) is 15.2 Å². The zero-order chi connectivity index (χ0) is 25.5. The average Bonchev–Trinajstić information content (AvgIpc) is 2.78. The molecule has 10 heteroatoms. The summed E-state index contributed by atoms with van der Waals surface area (Å²) in [5.41, 5.74) is 7.15. The molecule has 1 fully saturated rings. The summed E-state index contributed by atoms with van der Waals surface area (Å²) in [5, 5.41) is 2.91. The predicted octanol–water partition coefficient (Wildman–Crippen LogP) is 1.71. The number of hydrogen-bond donors (Lipinski definition) is 3. The highest BCUT2D eigenvalue weighted by Crippen LogP contribution is 2.19. The van der Waals surface area contributed by atoms with E-state index in [1.807, 2.05) is 52.0 Å². The quantitative estimate of drug-likeness (QED) is 0.467. The molecule has 192 valence electrons. The minimum Gasteiger partial charge on any atom is -0.383 e. The van der Waals surface area contributed by atoms with Gasteiger partial charge in [0.15, 0.2) is 0 Å². The molecule has 1 aliphatic heterocycles. The predicted molar refractivity (Wildman–Crippen MR) is 139 cm³/mol. The molecule has 35 heavy (non-hydrogen) atoms. The molecule has 0 spiro atoms. The van der Waals surface area contributed by atoms with E-state index in [-0.39, 0.29) is 35.8 Å². The number of H-pyrrole nitrogens is 1. The Labute approximate surface area is 206 Å². The first kappa shape index (κ1) is 26.5. The van der Waals surface area contributed by atoms with E-state index in [9.17, 15) is 14.4 Å². The van der Waals surface area contributed by atoms with E-state index in [0.717, 1.165) is 38.4 Å². The average molecular weight is 487 g/mol. The Bertz CT molecular complexity index is 1100. The largest absolute Gasteiger partial charge is 0.383 e. The first-order valence-electron chi connectivity index (χ1n) is 12.2. The first-order valence-corrected chi connectivity index (χ1v) is 12.2. The van der Waals surface area contributed by atoms with E-state index in [0.29, 0.717) is 18.8 Å². The van der Waals surface area contributed by atoms with Crippen molar-refractivity contribution in [2.45, 2.75) is 40.8 Å². The molecule has 0 saturated carbocycles. The molecular formula is C25H38N6O4. The van der Waals surface area contributed by atoms with Crippen LogP contribution in [0.25, 0.3) is 0 Å². The van der Waals surface area contributed by atoms with E-state index in [4.69, 9.17) is 10.5 Å². The SMILES string of the molecule is CC(C)CN(CC(=O)Nc1ccc(CN2CCOCC2)cc1)c1c(N)n(CC(C)C)c(=O)[nH]c1=O. The normalized spacial score (nSPS) is 14.5. The highest BCUT2D eigenvalue weighted by atomic mass is 16.5. The first-order chi connectivity index (χ1) is 16.6. The summed E-state index contributed by atoms with van der Waals surface area (Å²) in [7, 11) is 0. The zero-order valence-corrected chi connectivity index (χ0v) is 21.2. The number of anilines is 3. The topological polar surface area (TPSA) is 126 Å². The number of carbonyl (C=O) groups excluding carboxylic acids is 1. The van der Waals surface area contributed by atoms with Gasteiger partial charge in [-0.15, -0.1) is 0 Å². The monoisotopic (exact) mass is 486 g/mol. The molecule has 0 aliphatic carbocycles. The number of nitrogens with one attached hydrogen (secondary N) is 2. The second kappa shape index (κ2) is 12.0. The van der Waals surface area contributed by atoms with Crippen LogP contribution >= 0.6 is 0 Å². The summed E-state index contributed by atoms with van der Waals surface area (Å²) in [4.78, 5) is 44.3. The Hall–Kier alpha value is -3.11. The van der Waals surface area contributed by atoms with Crippen LogP contribution in [-0.2, 0) is 22.6 Å². The lowest BCUT2D eigenvalue weighted by molar-refractivity contribution is -0.115. The maximum absolute atomic E-state index is 12.9. The van der Waals surface area contributed by atoms with Gasteiger partial charge < -0.3 is 20.7 Å². The van der Waals surface area contributed by atoms with Crippen molar-refractivity contribution in [1.29, 1.82) is 0 Å². The molecule has 1 aromatic heterocycles. The van der Waals surface area contributed by atoms with E-state index < -0.39 is 11.2 Å². The summed E-state index contributed by atoms with van der Waals surface area (Å²) >= 11 is 0. The van der Waals surface area contributed by atoms with Crippen molar-refractivity contribution >= 4 is 23.1 Å². The number of amides is 1. The molecule has 4 N–H and O–H groups in total. The molecule has 0 radical (unpaired) electrons. The Morgan fingerprint density at radius 1 is 1.11 bits per heavy atom. The van der Waals surface area contributed by atoms with Gasteiger partial charge in [0, 0.05) is 38.4 Å². The van der Waals surface area contributed by atoms with Gasteiger partial charge in [-0.2, -0.15) is 0 Å². The van der Waals surface area contributed by atoms with Crippen LogP contribution in [0.2, 0.25) is 0 Å². The lowest BCUT2D eigenvalue weighted by Gasteiger charge is -2.27. The van der Waals surface area contributed by atoms with Gasteiger partial charge in [0.25, 0.3) is 5.56 Å². The second-order valence-corrected chi connectivity index (χ2v) is 9.91. The highest BCUT2D eigenvalue weighted by Gasteiger charge is 2.22. The summed E-state index contributed by atoms with van der Waals surface area (Å²) in [6.07, 6.45) is 0. The molecule has 2 heterocycles.